The lowest BCUT2D eigenvalue weighted by molar-refractivity contribution is 0.102. The maximum atomic E-state index is 9.58. The van der Waals surface area contributed by atoms with Crippen LogP contribution in [0, 0.1) is 0 Å². The number of hydrogen-bond acceptors (Lipinski definition) is 5. The lowest BCUT2D eigenvalue weighted by Crippen LogP contribution is -2.06. The topological polar surface area (TPSA) is 74.8 Å². The molecule has 2 N–H and O–H groups in total. The van der Waals surface area contributed by atoms with E-state index in [4.69, 9.17) is 14.2 Å². The summed E-state index contributed by atoms with van der Waals surface area (Å²) < 4.78 is 15.1. The number of benzene rings is 2. The monoisotopic (exact) mass is 330 g/mol. The minimum absolute atomic E-state index is 0.265. The Labute approximate surface area is 141 Å². The number of aromatic hydroxyl groups is 2. The van der Waals surface area contributed by atoms with Crippen molar-refractivity contribution in [2.45, 2.75) is 18.6 Å². The Bertz CT molecular complexity index is 594. The van der Waals surface area contributed by atoms with Crippen molar-refractivity contribution < 1.29 is 24.4 Å². The molecule has 5 nitrogen and oxygen atoms in total. The predicted molar refractivity (Wildman–Crippen MR) is 89.3 cm³/mol. The zero-order valence-electron chi connectivity index (χ0n) is 13.4. The molecule has 2 fully saturated rings. The Balaban J connectivity index is 0.000000159. The van der Waals surface area contributed by atoms with Crippen LogP contribution in [0.4, 0.5) is 0 Å². The molecule has 4 rings (SSSR count). The summed E-state index contributed by atoms with van der Waals surface area (Å²) in [4.78, 5) is 0. The van der Waals surface area contributed by atoms with Gasteiger partial charge in [-0.15, -0.1) is 0 Å². The van der Waals surface area contributed by atoms with Crippen LogP contribution in [-0.2, 0) is 20.6 Å². The van der Waals surface area contributed by atoms with Gasteiger partial charge in [0.2, 0.25) is 0 Å². The van der Waals surface area contributed by atoms with Crippen LogP contribution in [0.15, 0.2) is 48.5 Å². The molecule has 0 saturated carbocycles. The molecule has 2 saturated heterocycles. The molecule has 0 aliphatic carbocycles. The summed E-state index contributed by atoms with van der Waals surface area (Å²) in [5, 5.41) is 19.2. The normalized spacial score (nSPS) is 20.8. The Morgan fingerprint density at radius 3 is 1.58 bits per heavy atom. The van der Waals surface area contributed by atoms with Crippen LogP contribution in [0.2, 0.25) is 0 Å². The first-order valence-corrected chi connectivity index (χ1v) is 8.07. The van der Waals surface area contributed by atoms with Gasteiger partial charge in [0, 0.05) is 6.42 Å². The molecule has 2 aliphatic rings. The highest BCUT2D eigenvalue weighted by atomic mass is 16.6. The van der Waals surface area contributed by atoms with E-state index in [1.54, 1.807) is 24.3 Å². The minimum Gasteiger partial charge on any atom is -0.508 e. The second kappa shape index (κ2) is 8.15. The number of phenolic OH excluding ortho intramolecular Hbond substituents is 2. The smallest absolute Gasteiger partial charge is 0.119 e. The molecular weight excluding hydrogens is 308 g/mol. The third-order valence-corrected chi connectivity index (χ3v) is 3.78. The van der Waals surface area contributed by atoms with Crippen LogP contribution >= 0.6 is 0 Å². The molecule has 128 valence electrons. The van der Waals surface area contributed by atoms with Crippen LogP contribution in [0.3, 0.4) is 0 Å². The van der Waals surface area contributed by atoms with Gasteiger partial charge in [-0.25, -0.2) is 0 Å². The third kappa shape index (κ3) is 5.53. The van der Waals surface area contributed by atoms with Gasteiger partial charge in [-0.1, -0.05) is 36.4 Å². The fourth-order valence-corrected chi connectivity index (χ4v) is 2.19. The van der Waals surface area contributed by atoms with Gasteiger partial charge in [0.25, 0.3) is 0 Å². The van der Waals surface area contributed by atoms with Gasteiger partial charge >= 0.3 is 0 Å². The Morgan fingerprint density at radius 2 is 1.21 bits per heavy atom. The minimum atomic E-state index is 0.265. The van der Waals surface area contributed by atoms with E-state index < -0.39 is 0 Å². The first-order valence-electron chi connectivity index (χ1n) is 8.07. The SMILES string of the molecule is C(OCC1CO1)C1CO1.Oc1ccccc1Cc1ccccc1O. The number of rotatable bonds is 6. The van der Waals surface area contributed by atoms with E-state index in [1.165, 1.54) is 0 Å². The van der Waals surface area contributed by atoms with Gasteiger partial charge in [-0.05, 0) is 23.3 Å². The third-order valence-electron chi connectivity index (χ3n) is 3.78. The molecule has 0 bridgehead atoms. The molecule has 0 aromatic heterocycles. The fourth-order valence-electron chi connectivity index (χ4n) is 2.19. The quantitative estimate of drug-likeness (QED) is 0.796. The molecular formula is C19H22O5. The van der Waals surface area contributed by atoms with Crippen LogP contribution in [-0.4, -0.2) is 48.8 Å². The van der Waals surface area contributed by atoms with Crippen molar-refractivity contribution >= 4 is 0 Å². The zero-order valence-corrected chi connectivity index (χ0v) is 13.4. The molecule has 0 spiro atoms. The number of ether oxygens (including phenoxy) is 3. The summed E-state index contributed by atoms with van der Waals surface area (Å²) in [5.74, 6) is 0.529. The van der Waals surface area contributed by atoms with Crippen LogP contribution in [0.1, 0.15) is 11.1 Å². The van der Waals surface area contributed by atoms with Crippen molar-refractivity contribution in [3.05, 3.63) is 59.7 Å². The van der Waals surface area contributed by atoms with Crippen LogP contribution < -0.4 is 0 Å². The number of hydrogen-bond donors (Lipinski definition) is 2. The van der Waals surface area contributed by atoms with E-state index >= 15 is 0 Å². The van der Waals surface area contributed by atoms with E-state index in [9.17, 15) is 10.2 Å². The van der Waals surface area contributed by atoms with E-state index in [0.29, 0.717) is 18.6 Å². The summed E-state index contributed by atoms with van der Waals surface area (Å²) in [6.07, 6.45) is 1.33. The van der Waals surface area contributed by atoms with Crippen molar-refractivity contribution in [2.24, 2.45) is 0 Å². The van der Waals surface area contributed by atoms with E-state index in [1.807, 2.05) is 24.3 Å². The standard InChI is InChI=1S/C13H12O2.C6H10O3/c14-12-7-3-1-5-10(12)9-11-6-2-4-8-13(11)15;1(5-3-8-5)7-2-6-4-9-6/h1-8,14-15H,9H2;5-6H,1-4H2. The average molecular weight is 330 g/mol. The second-order valence-corrected chi connectivity index (χ2v) is 5.88. The first-order chi connectivity index (χ1) is 11.7. The van der Waals surface area contributed by atoms with E-state index in [2.05, 4.69) is 0 Å². The van der Waals surface area contributed by atoms with Gasteiger partial charge in [0.05, 0.1) is 26.4 Å². The number of para-hydroxylation sites is 2. The van der Waals surface area contributed by atoms with Crippen molar-refractivity contribution in [3.63, 3.8) is 0 Å². The molecule has 5 heteroatoms. The van der Waals surface area contributed by atoms with Crippen LogP contribution in [0.5, 0.6) is 11.5 Å². The zero-order chi connectivity index (χ0) is 16.8. The molecule has 2 aliphatic heterocycles. The van der Waals surface area contributed by atoms with Gasteiger partial charge in [0.1, 0.15) is 23.7 Å². The van der Waals surface area contributed by atoms with E-state index in [-0.39, 0.29) is 11.5 Å². The average Bonchev–Trinajstić information content (AvgIpc) is 3.48. The molecule has 2 unspecified atom stereocenters. The molecule has 24 heavy (non-hydrogen) atoms. The predicted octanol–water partition coefficient (Wildman–Crippen LogP) is 2.49. The summed E-state index contributed by atoms with van der Waals surface area (Å²) in [6, 6.07) is 14.3. The van der Waals surface area contributed by atoms with Gasteiger partial charge in [-0.3, -0.25) is 0 Å². The molecule has 2 atom stereocenters. The Kier molecular flexibility index (Phi) is 5.69. The Morgan fingerprint density at radius 1 is 0.792 bits per heavy atom. The lowest BCUT2D eigenvalue weighted by atomic mass is 10.0. The maximum absolute atomic E-state index is 9.58. The van der Waals surface area contributed by atoms with Crippen LogP contribution in [0.25, 0.3) is 0 Å². The summed E-state index contributed by atoms with van der Waals surface area (Å²) in [7, 11) is 0. The maximum Gasteiger partial charge on any atom is 0.119 e. The molecule has 0 radical (unpaired) electrons. The first kappa shape index (κ1) is 16.8. The Hall–Kier alpha value is -2.08. The highest BCUT2D eigenvalue weighted by molar-refractivity contribution is 5.41. The molecule has 2 aromatic carbocycles. The summed E-state index contributed by atoms with van der Waals surface area (Å²) >= 11 is 0. The fraction of sp³-hybridized carbons (Fsp3) is 0.368. The summed E-state index contributed by atoms with van der Waals surface area (Å²) in [6.45, 7) is 3.26. The van der Waals surface area contributed by atoms with Crippen molar-refractivity contribution in [1.29, 1.82) is 0 Å². The van der Waals surface area contributed by atoms with Gasteiger partial charge in [-0.2, -0.15) is 0 Å². The van der Waals surface area contributed by atoms with Crippen molar-refractivity contribution in [3.8, 4) is 11.5 Å². The van der Waals surface area contributed by atoms with Crippen molar-refractivity contribution in [1.82, 2.24) is 0 Å². The molecule has 0 amide bonds. The molecule has 2 heterocycles. The number of phenols is 2. The summed E-state index contributed by atoms with van der Waals surface area (Å²) in [5.41, 5.74) is 1.64. The second-order valence-electron chi connectivity index (χ2n) is 5.88. The van der Waals surface area contributed by atoms with E-state index in [0.717, 1.165) is 37.6 Å². The number of epoxide rings is 2. The highest BCUT2D eigenvalue weighted by Gasteiger charge is 2.26. The highest BCUT2D eigenvalue weighted by Crippen LogP contribution is 2.24. The largest absolute Gasteiger partial charge is 0.508 e. The molecule has 2 aromatic rings. The van der Waals surface area contributed by atoms with Gasteiger partial charge in [0.15, 0.2) is 0 Å². The lowest BCUT2D eigenvalue weighted by Gasteiger charge is -2.05. The van der Waals surface area contributed by atoms with Crippen molar-refractivity contribution in [2.75, 3.05) is 26.4 Å². The van der Waals surface area contributed by atoms with Gasteiger partial charge < -0.3 is 24.4 Å².